The number of hydrogen-bond donors (Lipinski definition) is 0. The van der Waals surface area contributed by atoms with Crippen molar-refractivity contribution in [2.45, 2.75) is 13.8 Å². The molecule has 2 nitrogen and oxygen atoms in total. The third-order valence-corrected chi connectivity index (χ3v) is 3.78. The zero-order chi connectivity index (χ0) is 11.7. The molecule has 0 atom stereocenters. The maximum atomic E-state index is 4.24. The highest BCUT2D eigenvalue weighted by atomic mass is 32.1. The summed E-state index contributed by atoms with van der Waals surface area (Å²) in [5.41, 5.74) is 5.15. The second-order valence-corrected chi connectivity index (χ2v) is 4.84. The third-order valence-electron chi connectivity index (χ3n) is 2.77. The Morgan fingerprint density at radius 2 is 2.00 bits per heavy atom. The molecule has 16 heavy (non-hydrogen) atoms. The van der Waals surface area contributed by atoms with Gasteiger partial charge in [-0.2, -0.15) is 0 Å². The Balaban J connectivity index is 2.63. The number of aryl methyl sites for hydroxylation is 2. The molecule has 2 rings (SSSR count). The largest absolute Gasteiger partial charge is 0.320 e. The SMILES string of the molecule is CN=c1scc(-c2ccc(C)cc2C)n1C. The van der Waals surface area contributed by atoms with Crippen LogP contribution in [0.5, 0.6) is 0 Å². The average molecular weight is 232 g/mol. The molecule has 1 aromatic carbocycles. The van der Waals surface area contributed by atoms with E-state index in [-0.39, 0.29) is 0 Å². The van der Waals surface area contributed by atoms with Crippen molar-refractivity contribution in [3.8, 4) is 11.3 Å². The highest BCUT2D eigenvalue weighted by molar-refractivity contribution is 7.07. The van der Waals surface area contributed by atoms with E-state index in [1.54, 1.807) is 11.3 Å². The average Bonchev–Trinajstić information content (AvgIpc) is 2.60. The van der Waals surface area contributed by atoms with E-state index in [2.05, 4.69) is 54.0 Å². The smallest absolute Gasteiger partial charge is 0.184 e. The van der Waals surface area contributed by atoms with Gasteiger partial charge in [0.1, 0.15) is 0 Å². The zero-order valence-corrected chi connectivity index (χ0v) is 10.9. The Morgan fingerprint density at radius 1 is 1.25 bits per heavy atom. The Hall–Kier alpha value is -1.35. The van der Waals surface area contributed by atoms with E-state index in [1.807, 2.05) is 7.05 Å². The molecule has 0 spiro atoms. The Bertz CT molecular complexity index is 576. The molecule has 3 heteroatoms. The van der Waals surface area contributed by atoms with E-state index in [0.29, 0.717) is 0 Å². The molecule has 0 saturated heterocycles. The second kappa shape index (κ2) is 4.26. The summed E-state index contributed by atoms with van der Waals surface area (Å²) in [4.78, 5) is 5.30. The number of thiazole rings is 1. The van der Waals surface area contributed by atoms with Gasteiger partial charge in [0.25, 0.3) is 0 Å². The number of aromatic nitrogens is 1. The number of benzene rings is 1. The first-order valence-electron chi connectivity index (χ1n) is 5.28. The van der Waals surface area contributed by atoms with Crippen LogP contribution in [0, 0.1) is 13.8 Å². The summed E-state index contributed by atoms with van der Waals surface area (Å²) in [6, 6.07) is 6.56. The van der Waals surface area contributed by atoms with E-state index in [4.69, 9.17) is 0 Å². The van der Waals surface area contributed by atoms with Crippen molar-refractivity contribution in [1.82, 2.24) is 4.57 Å². The molecule has 1 heterocycles. The molecule has 0 unspecified atom stereocenters. The molecule has 0 aliphatic heterocycles. The molecule has 0 aliphatic carbocycles. The molecule has 0 aliphatic rings. The lowest BCUT2D eigenvalue weighted by molar-refractivity contribution is 0.875. The summed E-state index contributed by atoms with van der Waals surface area (Å²) in [5, 5.41) is 2.17. The van der Waals surface area contributed by atoms with Gasteiger partial charge in [-0.1, -0.05) is 23.8 Å². The minimum atomic E-state index is 1.05. The molecular formula is C13H16N2S. The fourth-order valence-corrected chi connectivity index (χ4v) is 2.78. The summed E-state index contributed by atoms with van der Waals surface area (Å²) in [6.07, 6.45) is 0. The Morgan fingerprint density at radius 3 is 2.56 bits per heavy atom. The molecule has 0 radical (unpaired) electrons. The predicted octanol–water partition coefficient (Wildman–Crippen LogP) is 2.90. The van der Waals surface area contributed by atoms with Crippen LogP contribution >= 0.6 is 11.3 Å². The van der Waals surface area contributed by atoms with Gasteiger partial charge in [0, 0.05) is 25.0 Å². The van der Waals surface area contributed by atoms with E-state index < -0.39 is 0 Å². The van der Waals surface area contributed by atoms with Crippen LogP contribution in [0.1, 0.15) is 11.1 Å². The van der Waals surface area contributed by atoms with Gasteiger partial charge >= 0.3 is 0 Å². The van der Waals surface area contributed by atoms with Crippen molar-refractivity contribution in [2.24, 2.45) is 12.0 Å². The molecule has 84 valence electrons. The van der Waals surface area contributed by atoms with Gasteiger partial charge < -0.3 is 4.57 Å². The summed E-state index contributed by atoms with van der Waals surface area (Å²) < 4.78 is 2.14. The first-order valence-corrected chi connectivity index (χ1v) is 6.16. The monoisotopic (exact) mass is 232 g/mol. The first-order chi connectivity index (χ1) is 7.63. The third kappa shape index (κ3) is 1.83. The normalized spacial score (nSPS) is 12.1. The van der Waals surface area contributed by atoms with Crippen molar-refractivity contribution in [3.05, 3.63) is 39.5 Å². The molecular weight excluding hydrogens is 216 g/mol. The molecule has 0 bridgehead atoms. The van der Waals surface area contributed by atoms with Crippen molar-refractivity contribution in [1.29, 1.82) is 0 Å². The fraction of sp³-hybridized carbons (Fsp3) is 0.308. The van der Waals surface area contributed by atoms with Crippen LogP contribution in [0.2, 0.25) is 0 Å². The predicted molar refractivity (Wildman–Crippen MR) is 69.7 cm³/mol. The molecule has 0 amide bonds. The number of nitrogens with zero attached hydrogens (tertiary/aromatic N) is 2. The van der Waals surface area contributed by atoms with Crippen LogP contribution in [-0.2, 0) is 7.05 Å². The Labute approximate surface area is 99.9 Å². The van der Waals surface area contributed by atoms with E-state index in [1.165, 1.54) is 22.4 Å². The molecule has 0 N–H and O–H groups in total. The summed E-state index contributed by atoms with van der Waals surface area (Å²) in [6.45, 7) is 4.28. The van der Waals surface area contributed by atoms with E-state index in [0.717, 1.165) is 4.80 Å². The van der Waals surface area contributed by atoms with Crippen LogP contribution < -0.4 is 4.80 Å². The van der Waals surface area contributed by atoms with Crippen LogP contribution in [0.25, 0.3) is 11.3 Å². The maximum Gasteiger partial charge on any atom is 0.184 e. The summed E-state index contributed by atoms with van der Waals surface area (Å²) in [5.74, 6) is 0. The first kappa shape index (κ1) is 11.1. The van der Waals surface area contributed by atoms with Crippen molar-refractivity contribution in [2.75, 3.05) is 7.05 Å². The van der Waals surface area contributed by atoms with Crippen LogP contribution in [0.3, 0.4) is 0 Å². The van der Waals surface area contributed by atoms with Crippen LogP contribution in [0.15, 0.2) is 28.6 Å². The van der Waals surface area contributed by atoms with Gasteiger partial charge in [0.05, 0.1) is 5.69 Å². The highest BCUT2D eigenvalue weighted by Crippen LogP contribution is 2.23. The number of rotatable bonds is 1. The van der Waals surface area contributed by atoms with Gasteiger partial charge in [0.2, 0.25) is 0 Å². The second-order valence-electron chi connectivity index (χ2n) is 4.00. The van der Waals surface area contributed by atoms with Crippen molar-refractivity contribution < 1.29 is 0 Å². The van der Waals surface area contributed by atoms with Crippen molar-refractivity contribution in [3.63, 3.8) is 0 Å². The molecule has 1 aromatic heterocycles. The van der Waals surface area contributed by atoms with Gasteiger partial charge in [-0.25, -0.2) is 0 Å². The summed E-state index contributed by atoms with van der Waals surface area (Å²) in [7, 11) is 3.89. The standard InChI is InChI=1S/C13H16N2S/c1-9-5-6-11(10(2)7-9)12-8-16-13(14-3)15(12)4/h5-8H,1-4H3. The van der Waals surface area contributed by atoms with Crippen LogP contribution in [0.4, 0.5) is 0 Å². The minimum Gasteiger partial charge on any atom is -0.320 e. The van der Waals surface area contributed by atoms with E-state index >= 15 is 0 Å². The zero-order valence-electron chi connectivity index (χ0n) is 10.1. The maximum absolute atomic E-state index is 4.24. The van der Waals surface area contributed by atoms with Gasteiger partial charge in [-0.15, -0.1) is 11.3 Å². The van der Waals surface area contributed by atoms with Gasteiger partial charge in [-0.3, -0.25) is 4.99 Å². The lowest BCUT2D eigenvalue weighted by Gasteiger charge is -2.07. The summed E-state index contributed by atoms with van der Waals surface area (Å²) >= 11 is 1.68. The van der Waals surface area contributed by atoms with E-state index in [9.17, 15) is 0 Å². The molecule has 0 fully saturated rings. The molecule has 0 saturated carbocycles. The lowest BCUT2D eigenvalue weighted by atomic mass is 10.0. The van der Waals surface area contributed by atoms with Gasteiger partial charge in [0.15, 0.2) is 4.80 Å². The number of hydrogen-bond acceptors (Lipinski definition) is 2. The Kier molecular flexibility index (Phi) is 2.97. The van der Waals surface area contributed by atoms with Crippen molar-refractivity contribution >= 4 is 11.3 Å². The van der Waals surface area contributed by atoms with Gasteiger partial charge in [-0.05, 0) is 19.4 Å². The minimum absolute atomic E-state index is 1.05. The quantitative estimate of drug-likeness (QED) is 0.719. The lowest BCUT2D eigenvalue weighted by Crippen LogP contribution is -2.11. The molecule has 2 aromatic rings. The highest BCUT2D eigenvalue weighted by Gasteiger charge is 2.06. The van der Waals surface area contributed by atoms with Crippen LogP contribution in [-0.4, -0.2) is 11.6 Å². The topological polar surface area (TPSA) is 17.3 Å². The fourth-order valence-electron chi connectivity index (χ4n) is 1.92.